The van der Waals surface area contributed by atoms with Crippen LogP contribution in [0.15, 0.2) is 0 Å². The van der Waals surface area contributed by atoms with E-state index in [2.05, 4.69) is 22.8 Å². The van der Waals surface area contributed by atoms with Gasteiger partial charge in [-0.15, -0.1) is 0 Å². The molecule has 0 amide bonds. The Bertz CT molecular complexity index is 271. The summed E-state index contributed by atoms with van der Waals surface area (Å²) in [6.07, 6.45) is 1.64. The number of hydrogen-bond acceptors (Lipinski definition) is 4. The van der Waals surface area contributed by atoms with Gasteiger partial charge >= 0.3 is 0 Å². The van der Waals surface area contributed by atoms with Crippen LogP contribution in [0.1, 0.15) is 33.6 Å². The molecule has 84 valence electrons. The summed E-state index contributed by atoms with van der Waals surface area (Å²) >= 11 is 0. The molecule has 0 spiro atoms. The Morgan fingerprint density at radius 2 is 1.73 bits per heavy atom. The van der Waals surface area contributed by atoms with Gasteiger partial charge in [0.25, 0.3) is 0 Å². The van der Waals surface area contributed by atoms with E-state index in [9.17, 15) is 0 Å². The molecular formula is C11H20N4. The molecule has 0 saturated carbocycles. The maximum Gasteiger partial charge on any atom is 0.103 e. The summed E-state index contributed by atoms with van der Waals surface area (Å²) in [5.41, 5.74) is -0.943. The summed E-state index contributed by atoms with van der Waals surface area (Å²) < 4.78 is 0. The predicted octanol–water partition coefficient (Wildman–Crippen LogP) is 1.16. The highest BCUT2D eigenvalue weighted by atomic mass is 15.0. The van der Waals surface area contributed by atoms with Crippen molar-refractivity contribution >= 4 is 0 Å². The van der Waals surface area contributed by atoms with Crippen LogP contribution in [-0.4, -0.2) is 24.7 Å². The summed E-state index contributed by atoms with van der Waals surface area (Å²) in [5, 5.41) is 23.8. The van der Waals surface area contributed by atoms with E-state index in [-0.39, 0.29) is 0 Å². The lowest BCUT2D eigenvalue weighted by Gasteiger charge is -2.22. The second kappa shape index (κ2) is 5.70. The quantitative estimate of drug-likeness (QED) is 0.642. The van der Waals surface area contributed by atoms with Gasteiger partial charge in [0.2, 0.25) is 0 Å². The van der Waals surface area contributed by atoms with Crippen molar-refractivity contribution in [1.29, 1.82) is 10.5 Å². The van der Waals surface area contributed by atoms with Gasteiger partial charge in [-0.05, 0) is 47.2 Å². The van der Waals surface area contributed by atoms with Crippen molar-refractivity contribution in [3.63, 3.8) is 0 Å². The van der Waals surface area contributed by atoms with E-state index in [1.807, 2.05) is 20.8 Å². The van der Waals surface area contributed by atoms with Gasteiger partial charge in [-0.3, -0.25) is 5.32 Å². The molecule has 0 aromatic heterocycles. The zero-order valence-electron chi connectivity index (χ0n) is 10.0. The molecule has 0 radical (unpaired) electrons. The van der Waals surface area contributed by atoms with Crippen LogP contribution >= 0.6 is 0 Å². The van der Waals surface area contributed by atoms with Crippen LogP contribution in [0.25, 0.3) is 0 Å². The largest absolute Gasteiger partial charge is 0.303 e. The minimum Gasteiger partial charge on any atom is -0.303 e. The Labute approximate surface area is 92.3 Å². The molecule has 1 atom stereocenters. The SMILES string of the molecule is CNC(C)(C#N)CCCNC(C)(C)C#N. The molecule has 2 N–H and O–H groups in total. The first-order valence-corrected chi connectivity index (χ1v) is 5.15. The van der Waals surface area contributed by atoms with Gasteiger partial charge in [-0.25, -0.2) is 0 Å². The molecule has 0 aromatic carbocycles. The van der Waals surface area contributed by atoms with Crippen LogP contribution in [0.5, 0.6) is 0 Å². The number of nitriles is 2. The molecule has 0 saturated heterocycles. The number of nitrogens with zero attached hydrogens (tertiary/aromatic N) is 2. The Hall–Kier alpha value is -1.10. The molecule has 0 bridgehead atoms. The number of nitrogens with one attached hydrogen (secondary N) is 2. The molecule has 0 heterocycles. The molecule has 0 aromatic rings. The van der Waals surface area contributed by atoms with Crippen molar-refractivity contribution in [2.45, 2.75) is 44.7 Å². The third-order valence-electron chi connectivity index (χ3n) is 2.50. The molecule has 1 unspecified atom stereocenters. The molecule has 0 aliphatic heterocycles. The van der Waals surface area contributed by atoms with Crippen LogP contribution in [0.2, 0.25) is 0 Å². The monoisotopic (exact) mass is 208 g/mol. The van der Waals surface area contributed by atoms with Crippen LogP contribution in [0.3, 0.4) is 0 Å². The van der Waals surface area contributed by atoms with Crippen molar-refractivity contribution in [2.24, 2.45) is 0 Å². The number of rotatable bonds is 6. The van der Waals surface area contributed by atoms with E-state index in [4.69, 9.17) is 10.5 Å². The van der Waals surface area contributed by atoms with E-state index in [0.717, 1.165) is 19.4 Å². The van der Waals surface area contributed by atoms with Gasteiger partial charge in [-0.1, -0.05) is 0 Å². The third kappa shape index (κ3) is 5.37. The van der Waals surface area contributed by atoms with Gasteiger partial charge in [0.15, 0.2) is 0 Å². The second-order valence-corrected chi connectivity index (χ2v) is 4.46. The van der Waals surface area contributed by atoms with Crippen molar-refractivity contribution in [2.75, 3.05) is 13.6 Å². The molecule has 0 rings (SSSR count). The first-order chi connectivity index (χ1) is 6.89. The maximum absolute atomic E-state index is 8.91. The molecule has 0 aliphatic carbocycles. The summed E-state index contributed by atoms with van der Waals surface area (Å²) in [5.74, 6) is 0. The first-order valence-electron chi connectivity index (χ1n) is 5.15. The fraction of sp³-hybridized carbons (Fsp3) is 0.818. The molecule has 4 nitrogen and oxygen atoms in total. The zero-order valence-corrected chi connectivity index (χ0v) is 10.0. The van der Waals surface area contributed by atoms with E-state index >= 15 is 0 Å². The highest BCUT2D eigenvalue weighted by molar-refractivity contribution is 5.03. The summed E-state index contributed by atoms with van der Waals surface area (Å²) in [6.45, 7) is 6.31. The Morgan fingerprint density at radius 1 is 1.13 bits per heavy atom. The van der Waals surface area contributed by atoms with E-state index < -0.39 is 11.1 Å². The standard InChI is InChI=1S/C11H20N4/c1-10(2,8-12)15-7-5-6-11(3,9-13)14-4/h14-15H,5-7H2,1-4H3. The zero-order chi connectivity index (χ0) is 11.9. The van der Waals surface area contributed by atoms with Crippen molar-refractivity contribution in [1.82, 2.24) is 10.6 Å². The Balaban J connectivity index is 3.83. The molecular weight excluding hydrogens is 188 g/mol. The minimum absolute atomic E-state index is 0.460. The second-order valence-electron chi connectivity index (χ2n) is 4.46. The van der Waals surface area contributed by atoms with E-state index in [1.54, 1.807) is 7.05 Å². The third-order valence-corrected chi connectivity index (χ3v) is 2.50. The summed E-state index contributed by atoms with van der Waals surface area (Å²) in [4.78, 5) is 0. The van der Waals surface area contributed by atoms with E-state index in [0.29, 0.717) is 0 Å². The van der Waals surface area contributed by atoms with Gasteiger partial charge < -0.3 is 5.32 Å². The Kier molecular flexibility index (Phi) is 5.28. The average molecular weight is 208 g/mol. The topological polar surface area (TPSA) is 71.6 Å². The first kappa shape index (κ1) is 13.9. The fourth-order valence-electron chi connectivity index (χ4n) is 1.12. The number of hydrogen-bond donors (Lipinski definition) is 2. The Morgan fingerprint density at radius 3 is 2.13 bits per heavy atom. The lowest BCUT2D eigenvalue weighted by molar-refractivity contribution is 0.409. The van der Waals surface area contributed by atoms with Crippen LogP contribution in [0.4, 0.5) is 0 Å². The summed E-state index contributed by atoms with van der Waals surface area (Å²) in [6, 6.07) is 4.41. The van der Waals surface area contributed by atoms with Gasteiger partial charge in [0, 0.05) is 0 Å². The molecule has 0 fully saturated rings. The van der Waals surface area contributed by atoms with Crippen molar-refractivity contribution in [3.8, 4) is 12.1 Å². The molecule has 15 heavy (non-hydrogen) atoms. The molecule has 4 heteroatoms. The minimum atomic E-state index is -0.483. The van der Waals surface area contributed by atoms with Crippen LogP contribution in [-0.2, 0) is 0 Å². The lowest BCUT2D eigenvalue weighted by atomic mass is 9.97. The van der Waals surface area contributed by atoms with Gasteiger partial charge in [0.05, 0.1) is 12.1 Å². The van der Waals surface area contributed by atoms with Gasteiger partial charge in [0.1, 0.15) is 11.1 Å². The highest BCUT2D eigenvalue weighted by Crippen LogP contribution is 2.10. The molecule has 0 aliphatic rings. The summed E-state index contributed by atoms with van der Waals surface area (Å²) in [7, 11) is 1.79. The van der Waals surface area contributed by atoms with Crippen molar-refractivity contribution in [3.05, 3.63) is 0 Å². The van der Waals surface area contributed by atoms with Crippen molar-refractivity contribution < 1.29 is 0 Å². The normalized spacial score (nSPS) is 15.1. The smallest absolute Gasteiger partial charge is 0.103 e. The average Bonchev–Trinajstić information content (AvgIpc) is 2.24. The van der Waals surface area contributed by atoms with Crippen LogP contribution < -0.4 is 10.6 Å². The maximum atomic E-state index is 8.91. The fourth-order valence-corrected chi connectivity index (χ4v) is 1.12. The van der Waals surface area contributed by atoms with Gasteiger partial charge in [-0.2, -0.15) is 10.5 Å². The lowest BCUT2D eigenvalue weighted by Crippen LogP contribution is -2.41. The highest BCUT2D eigenvalue weighted by Gasteiger charge is 2.21. The van der Waals surface area contributed by atoms with Crippen LogP contribution in [0, 0.1) is 22.7 Å². The predicted molar refractivity (Wildman–Crippen MR) is 60.0 cm³/mol. The van der Waals surface area contributed by atoms with E-state index in [1.165, 1.54) is 0 Å².